The molecule has 1 aliphatic rings. The summed E-state index contributed by atoms with van der Waals surface area (Å²) in [6.45, 7) is 5.42. The normalized spacial score (nSPS) is 22.0. The van der Waals surface area contributed by atoms with E-state index >= 15 is 0 Å². The van der Waals surface area contributed by atoms with Crippen LogP contribution in [0.1, 0.15) is 6.92 Å². The van der Waals surface area contributed by atoms with Gasteiger partial charge < -0.3 is 18.0 Å². The predicted octanol–water partition coefficient (Wildman–Crippen LogP) is 0.0268. The molecule has 0 aliphatic carbocycles. The van der Waals surface area contributed by atoms with Crippen LogP contribution in [0.15, 0.2) is 12.7 Å². The molecule has 0 amide bonds. The Balaban J connectivity index is 0.000000315. The van der Waals surface area contributed by atoms with Gasteiger partial charge in [-0.05, 0) is 6.92 Å². The second-order valence-electron chi connectivity index (χ2n) is 3.40. The fourth-order valence-corrected chi connectivity index (χ4v) is 2.30. The first-order valence-corrected chi connectivity index (χ1v) is 6.82. The zero-order valence-electron chi connectivity index (χ0n) is 10.4. The monoisotopic (exact) mass is 250 g/mol. The topological polar surface area (TPSA) is 92.3 Å². The largest absolute Gasteiger partial charge is 0.504 e. The molecule has 6 nitrogen and oxygen atoms in total. The van der Waals surface area contributed by atoms with Gasteiger partial charge in [0.15, 0.2) is 5.85 Å². The average molecular weight is 250 g/mol. The van der Waals surface area contributed by atoms with Crippen LogP contribution in [0, 0.1) is 0 Å². The van der Waals surface area contributed by atoms with Gasteiger partial charge in [0.25, 0.3) is 0 Å². The zero-order valence-corrected chi connectivity index (χ0v) is 11.4. The molecule has 0 aromatic rings. The van der Waals surface area contributed by atoms with Crippen molar-refractivity contribution >= 4 is 8.80 Å². The van der Waals surface area contributed by atoms with E-state index in [0.717, 1.165) is 0 Å². The summed E-state index contributed by atoms with van der Waals surface area (Å²) in [5.74, 6) is -0.792. The second kappa shape index (κ2) is 6.45. The van der Waals surface area contributed by atoms with Crippen LogP contribution in [0.4, 0.5) is 0 Å². The Morgan fingerprint density at radius 3 is 1.69 bits per heavy atom. The van der Waals surface area contributed by atoms with Crippen LogP contribution in [0.2, 0.25) is 6.04 Å². The van der Waals surface area contributed by atoms with E-state index in [4.69, 9.17) is 24.7 Å². The molecule has 0 bridgehead atoms. The van der Waals surface area contributed by atoms with Gasteiger partial charge in [-0.25, -0.2) is 0 Å². The minimum atomic E-state index is -2.34. The lowest BCUT2D eigenvalue weighted by Gasteiger charge is -2.22. The fourth-order valence-electron chi connectivity index (χ4n) is 0.949. The van der Waals surface area contributed by atoms with Gasteiger partial charge in [-0.15, -0.1) is 6.58 Å². The summed E-state index contributed by atoms with van der Waals surface area (Å²) in [7, 11) is 2.42. The molecule has 1 atom stereocenters. The Hall–Kier alpha value is -0.283. The van der Waals surface area contributed by atoms with E-state index in [1.807, 2.05) is 6.92 Å². The number of hydrogen-bond acceptors (Lipinski definition) is 6. The van der Waals surface area contributed by atoms with Gasteiger partial charge in [0.1, 0.15) is 6.10 Å². The summed E-state index contributed by atoms with van der Waals surface area (Å²) in [6, 6.07) is 0.649. The van der Waals surface area contributed by atoms with Crippen molar-refractivity contribution in [1.29, 1.82) is 0 Å². The van der Waals surface area contributed by atoms with E-state index in [-0.39, 0.29) is 6.10 Å². The van der Waals surface area contributed by atoms with E-state index in [0.29, 0.717) is 6.04 Å². The van der Waals surface area contributed by atoms with E-state index in [2.05, 4.69) is 11.3 Å². The van der Waals surface area contributed by atoms with E-state index in [9.17, 15) is 0 Å². The van der Waals surface area contributed by atoms with Gasteiger partial charge in [0.05, 0.1) is 0 Å². The van der Waals surface area contributed by atoms with Crippen LogP contribution in [0.25, 0.3) is 0 Å². The van der Waals surface area contributed by atoms with Crippen molar-refractivity contribution in [1.82, 2.24) is 0 Å². The summed E-state index contributed by atoms with van der Waals surface area (Å²) < 4.78 is 20.0. The Kier molecular flexibility index (Phi) is 6.34. The smallest absolute Gasteiger partial charge is 0.377 e. The molecule has 16 heavy (non-hydrogen) atoms. The zero-order chi connectivity index (χ0) is 12.8. The van der Waals surface area contributed by atoms with E-state index in [1.54, 1.807) is 27.4 Å². The van der Waals surface area contributed by atoms with E-state index in [1.165, 1.54) is 0 Å². The molecule has 0 aromatic carbocycles. The number of epoxide rings is 1. The van der Waals surface area contributed by atoms with Crippen molar-refractivity contribution in [3.8, 4) is 0 Å². The molecule has 0 radical (unpaired) electrons. The number of hydrogen-bond donors (Lipinski definition) is 2. The Morgan fingerprint density at radius 2 is 1.62 bits per heavy atom. The van der Waals surface area contributed by atoms with Gasteiger partial charge in [-0.2, -0.15) is 0 Å². The van der Waals surface area contributed by atoms with Crippen molar-refractivity contribution in [2.24, 2.45) is 11.5 Å². The van der Waals surface area contributed by atoms with Crippen molar-refractivity contribution in [3.05, 3.63) is 12.7 Å². The number of allylic oxidation sites excluding steroid dienone is 1. The van der Waals surface area contributed by atoms with Crippen molar-refractivity contribution in [3.63, 3.8) is 0 Å². The molecule has 1 aliphatic heterocycles. The molecule has 1 fully saturated rings. The Morgan fingerprint density at radius 1 is 1.31 bits per heavy atom. The molecule has 1 saturated heterocycles. The Labute approximate surface area is 97.9 Å². The van der Waals surface area contributed by atoms with Crippen LogP contribution >= 0.6 is 0 Å². The summed E-state index contributed by atoms with van der Waals surface area (Å²) in [5, 5.41) is 0. The first kappa shape index (κ1) is 15.7. The highest BCUT2D eigenvalue weighted by Gasteiger charge is 2.46. The van der Waals surface area contributed by atoms with Crippen molar-refractivity contribution in [2.45, 2.75) is 24.9 Å². The maximum atomic E-state index is 5.16. The average Bonchev–Trinajstić information content (AvgIpc) is 2.81. The van der Waals surface area contributed by atoms with Gasteiger partial charge >= 0.3 is 8.80 Å². The standard InChI is InChI=1S/C6H14O3Si.C3H8N2O/c1-5-6-10(7-2,8-3)9-4;1-2-3(4,5)6-2/h5H,1,6H2,2-4H3;2H,4-5H2,1H3. The predicted molar refractivity (Wildman–Crippen MR) is 63.4 cm³/mol. The van der Waals surface area contributed by atoms with E-state index < -0.39 is 14.7 Å². The summed E-state index contributed by atoms with van der Waals surface area (Å²) in [6.07, 6.45) is 1.79. The maximum Gasteiger partial charge on any atom is 0.504 e. The number of nitrogens with two attached hydrogens (primary N) is 2. The summed E-state index contributed by atoms with van der Waals surface area (Å²) >= 11 is 0. The summed E-state index contributed by atoms with van der Waals surface area (Å²) in [4.78, 5) is 0. The molecule has 7 heteroatoms. The number of rotatable bonds is 5. The minimum Gasteiger partial charge on any atom is -0.377 e. The van der Waals surface area contributed by atoms with Gasteiger partial charge in [0, 0.05) is 27.4 Å². The highest BCUT2D eigenvalue weighted by Crippen LogP contribution is 2.22. The molecule has 96 valence electrons. The van der Waals surface area contributed by atoms with Crippen LogP contribution < -0.4 is 11.5 Å². The third kappa shape index (κ3) is 4.70. The SMILES string of the molecule is C=CC[Si](OC)(OC)OC.CC1OC1(N)N. The maximum absolute atomic E-state index is 5.16. The van der Waals surface area contributed by atoms with Crippen LogP contribution in [-0.4, -0.2) is 42.1 Å². The lowest BCUT2D eigenvalue weighted by molar-refractivity contribution is 0.127. The Bertz CT molecular complexity index is 213. The lowest BCUT2D eigenvalue weighted by Crippen LogP contribution is -2.41. The highest BCUT2D eigenvalue weighted by molar-refractivity contribution is 6.61. The van der Waals surface area contributed by atoms with Gasteiger partial charge in [0.2, 0.25) is 0 Å². The lowest BCUT2D eigenvalue weighted by atomic mass is 10.4. The first-order chi connectivity index (χ1) is 7.37. The molecule has 0 aromatic heterocycles. The molecule has 0 saturated carbocycles. The molecule has 1 unspecified atom stereocenters. The molecule has 0 spiro atoms. The third-order valence-corrected chi connectivity index (χ3v) is 4.94. The minimum absolute atomic E-state index is 0.0532. The molecule has 1 heterocycles. The molecule has 1 rings (SSSR count). The molecular weight excluding hydrogens is 228 g/mol. The van der Waals surface area contributed by atoms with Gasteiger partial charge in [-0.1, -0.05) is 6.08 Å². The highest BCUT2D eigenvalue weighted by atomic mass is 28.4. The van der Waals surface area contributed by atoms with Crippen LogP contribution in [-0.2, 0) is 18.0 Å². The quantitative estimate of drug-likeness (QED) is 0.309. The fraction of sp³-hybridized carbons (Fsp3) is 0.778. The molecule has 4 N–H and O–H groups in total. The van der Waals surface area contributed by atoms with Crippen LogP contribution in [0.3, 0.4) is 0 Å². The van der Waals surface area contributed by atoms with Gasteiger partial charge in [-0.3, -0.25) is 11.5 Å². The number of ether oxygens (including phenoxy) is 1. The third-order valence-electron chi connectivity index (χ3n) is 2.29. The summed E-state index contributed by atoms with van der Waals surface area (Å²) in [5.41, 5.74) is 10.3. The van der Waals surface area contributed by atoms with Crippen molar-refractivity contribution in [2.75, 3.05) is 21.3 Å². The van der Waals surface area contributed by atoms with Crippen LogP contribution in [0.5, 0.6) is 0 Å². The van der Waals surface area contributed by atoms with Crippen molar-refractivity contribution < 1.29 is 18.0 Å². The second-order valence-corrected chi connectivity index (χ2v) is 6.40. The molecular formula is C9H22N2O4Si. The first-order valence-electron chi connectivity index (χ1n) is 4.89.